The van der Waals surface area contributed by atoms with Crippen molar-refractivity contribution in [2.45, 2.75) is 13.8 Å². The van der Waals surface area contributed by atoms with Gasteiger partial charge in [0.1, 0.15) is 10.6 Å². The molecule has 108 valence electrons. The van der Waals surface area contributed by atoms with Gasteiger partial charge in [-0.15, -0.1) is 11.3 Å². The number of aromatic amines is 1. The Bertz CT molecular complexity index is 987. The number of halogens is 2. The zero-order valence-electron chi connectivity index (χ0n) is 11.2. The molecule has 1 N–H and O–H groups in total. The van der Waals surface area contributed by atoms with Gasteiger partial charge < -0.3 is 4.98 Å². The summed E-state index contributed by atoms with van der Waals surface area (Å²) in [5, 5.41) is 0.606. The number of H-pyrrole nitrogens is 1. The van der Waals surface area contributed by atoms with Crippen molar-refractivity contribution >= 4 is 49.7 Å². The molecule has 0 aliphatic heterocycles. The molecule has 0 saturated carbocycles. The summed E-state index contributed by atoms with van der Waals surface area (Å²) in [5.74, 6) is -0.438. The lowest BCUT2D eigenvalue weighted by Crippen LogP contribution is -2.20. The van der Waals surface area contributed by atoms with E-state index in [1.807, 2.05) is 13.8 Å². The van der Waals surface area contributed by atoms with Gasteiger partial charge in [0.2, 0.25) is 0 Å². The summed E-state index contributed by atoms with van der Waals surface area (Å²) in [6.07, 6.45) is 0. The van der Waals surface area contributed by atoms with Crippen LogP contribution in [-0.2, 0) is 0 Å². The van der Waals surface area contributed by atoms with Gasteiger partial charge in [-0.25, -0.2) is 4.39 Å². The Morgan fingerprint density at radius 1 is 1.38 bits per heavy atom. The number of nitrogens with zero attached hydrogens (tertiary/aromatic N) is 1. The number of aromatic nitrogens is 2. The van der Waals surface area contributed by atoms with Gasteiger partial charge in [0.25, 0.3) is 5.56 Å². The Labute approximate surface area is 137 Å². The molecule has 7 heteroatoms. The molecular weight excluding hydrogens is 375 g/mol. The summed E-state index contributed by atoms with van der Waals surface area (Å²) in [4.78, 5) is 17.6. The number of aryl methyl sites for hydroxylation is 2. The van der Waals surface area contributed by atoms with Crippen LogP contribution in [0.5, 0.6) is 0 Å². The minimum atomic E-state index is -0.438. The molecule has 21 heavy (non-hydrogen) atoms. The van der Waals surface area contributed by atoms with Gasteiger partial charge in [-0.3, -0.25) is 9.36 Å². The van der Waals surface area contributed by atoms with E-state index in [0.29, 0.717) is 15.5 Å². The third-order valence-corrected chi connectivity index (χ3v) is 5.44. The molecule has 0 saturated heterocycles. The van der Waals surface area contributed by atoms with Crippen LogP contribution in [0.2, 0.25) is 0 Å². The SMILES string of the molecule is Cc1sc2[nH]c(=S)n(-c3ccc(Br)c(F)c3)c(=O)c2c1C. The summed E-state index contributed by atoms with van der Waals surface area (Å²) in [6, 6.07) is 4.50. The van der Waals surface area contributed by atoms with Gasteiger partial charge in [0.15, 0.2) is 4.77 Å². The number of hydrogen-bond donors (Lipinski definition) is 1. The van der Waals surface area contributed by atoms with Crippen LogP contribution < -0.4 is 5.56 Å². The van der Waals surface area contributed by atoms with E-state index in [-0.39, 0.29) is 10.3 Å². The van der Waals surface area contributed by atoms with Gasteiger partial charge in [-0.05, 0) is 65.8 Å². The zero-order valence-corrected chi connectivity index (χ0v) is 14.4. The summed E-state index contributed by atoms with van der Waals surface area (Å²) >= 11 is 9.86. The third kappa shape index (κ3) is 2.29. The number of nitrogens with one attached hydrogen (secondary N) is 1. The Morgan fingerprint density at radius 3 is 2.76 bits per heavy atom. The maximum absolute atomic E-state index is 13.7. The van der Waals surface area contributed by atoms with Crippen molar-refractivity contribution in [3.05, 3.63) is 54.1 Å². The Kier molecular flexibility index (Phi) is 3.59. The third-order valence-electron chi connectivity index (χ3n) is 3.39. The van der Waals surface area contributed by atoms with Crippen LogP contribution >= 0.6 is 39.5 Å². The first-order valence-electron chi connectivity index (χ1n) is 6.10. The van der Waals surface area contributed by atoms with E-state index >= 15 is 0 Å². The highest BCUT2D eigenvalue weighted by Crippen LogP contribution is 2.26. The minimum Gasteiger partial charge on any atom is -0.323 e. The lowest BCUT2D eigenvalue weighted by molar-refractivity contribution is 0.619. The molecule has 0 radical (unpaired) electrons. The molecule has 0 bridgehead atoms. The van der Waals surface area contributed by atoms with Crippen molar-refractivity contribution in [2.24, 2.45) is 0 Å². The molecule has 0 unspecified atom stereocenters. The molecule has 0 spiro atoms. The van der Waals surface area contributed by atoms with E-state index in [1.54, 1.807) is 12.1 Å². The topological polar surface area (TPSA) is 37.8 Å². The molecule has 0 amide bonds. The first-order valence-corrected chi connectivity index (χ1v) is 8.12. The minimum absolute atomic E-state index is 0.225. The Morgan fingerprint density at radius 2 is 2.10 bits per heavy atom. The van der Waals surface area contributed by atoms with Crippen molar-refractivity contribution in [1.29, 1.82) is 0 Å². The zero-order chi connectivity index (χ0) is 15.3. The van der Waals surface area contributed by atoms with E-state index in [2.05, 4.69) is 20.9 Å². The van der Waals surface area contributed by atoms with Crippen LogP contribution in [0.1, 0.15) is 10.4 Å². The number of hydrogen-bond acceptors (Lipinski definition) is 3. The maximum Gasteiger partial charge on any atom is 0.267 e. The highest BCUT2D eigenvalue weighted by Gasteiger charge is 2.14. The highest BCUT2D eigenvalue weighted by molar-refractivity contribution is 9.10. The smallest absolute Gasteiger partial charge is 0.267 e. The molecule has 0 aliphatic rings. The van der Waals surface area contributed by atoms with Crippen LogP contribution in [0.4, 0.5) is 4.39 Å². The van der Waals surface area contributed by atoms with Crippen molar-refractivity contribution in [1.82, 2.24) is 9.55 Å². The van der Waals surface area contributed by atoms with Crippen LogP contribution in [0.25, 0.3) is 15.9 Å². The molecule has 3 aromatic rings. The first kappa shape index (κ1) is 14.6. The summed E-state index contributed by atoms with van der Waals surface area (Å²) in [5.41, 5.74) is 1.11. The standard InChI is InChI=1S/C14H10BrFN2OS2/c1-6-7(2)21-12-11(6)13(19)18(14(20)17-12)8-3-4-9(15)10(16)5-8/h3-5H,1-2H3,(H,17,20). The monoisotopic (exact) mass is 384 g/mol. The second-order valence-electron chi connectivity index (χ2n) is 4.66. The lowest BCUT2D eigenvalue weighted by Gasteiger charge is -2.07. The predicted molar refractivity (Wildman–Crippen MR) is 89.7 cm³/mol. The second-order valence-corrected chi connectivity index (χ2v) is 7.12. The molecule has 0 aliphatic carbocycles. The van der Waals surface area contributed by atoms with Crippen LogP contribution in [0, 0.1) is 24.4 Å². The largest absolute Gasteiger partial charge is 0.323 e. The fourth-order valence-corrected chi connectivity index (χ4v) is 3.84. The van der Waals surface area contributed by atoms with Crippen molar-refractivity contribution in [3.63, 3.8) is 0 Å². The fraction of sp³-hybridized carbons (Fsp3) is 0.143. The van der Waals surface area contributed by atoms with Crippen LogP contribution in [-0.4, -0.2) is 9.55 Å². The van der Waals surface area contributed by atoms with Gasteiger partial charge >= 0.3 is 0 Å². The molecule has 1 aromatic carbocycles. The number of thiophene rings is 1. The Hall–Kier alpha value is -1.31. The molecular formula is C14H10BrFN2OS2. The second kappa shape index (κ2) is 5.15. The van der Waals surface area contributed by atoms with Gasteiger partial charge in [0, 0.05) is 4.88 Å². The van der Waals surface area contributed by atoms with E-state index < -0.39 is 5.82 Å². The van der Waals surface area contributed by atoms with E-state index in [0.717, 1.165) is 15.3 Å². The van der Waals surface area contributed by atoms with Gasteiger partial charge in [-0.2, -0.15) is 0 Å². The normalized spacial score (nSPS) is 11.2. The maximum atomic E-state index is 13.7. The molecule has 0 atom stereocenters. The van der Waals surface area contributed by atoms with E-state index in [1.165, 1.54) is 22.0 Å². The lowest BCUT2D eigenvalue weighted by atomic mass is 10.2. The van der Waals surface area contributed by atoms with Crippen LogP contribution in [0.3, 0.4) is 0 Å². The molecule has 3 nitrogen and oxygen atoms in total. The van der Waals surface area contributed by atoms with E-state index in [9.17, 15) is 9.18 Å². The van der Waals surface area contributed by atoms with Crippen molar-refractivity contribution in [2.75, 3.05) is 0 Å². The molecule has 0 fully saturated rings. The predicted octanol–water partition coefficient (Wildman–Crippen LogP) is 4.63. The summed E-state index contributed by atoms with van der Waals surface area (Å²) < 4.78 is 15.7. The summed E-state index contributed by atoms with van der Waals surface area (Å²) in [7, 11) is 0. The van der Waals surface area contributed by atoms with Gasteiger partial charge in [-0.1, -0.05) is 0 Å². The van der Waals surface area contributed by atoms with Gasteiger partial charge in [0.05, 0.1) is 15.5 Å². The van der Waals surface area contributed by atoms with E-state index in [4.69, 9.17) is 12.2 Å². The number of rotatable bonds is 1. The first-order chi connectivity index (χ1) is 9.90. The number of benzene rings is 1. The summed E-state index contributed by atoms with van der Waals surface area (Å²) in [6.45, 7) is 3.86. The Balaban J connectivity index is 2.42. The highest BCUT2D eigenvalue weighted by atomic mass is 79.9. The van der Waals surface area contributed by atoms with Crippen molar-refractivity contribution in [3.8, 4) is 5.69 Å². The average Bonchev–Trinajstić information content (AvgIpc) is 2.69. The average molecular weight is 385 g/mol. The fourth-order valence-electron chi connectivity index (χ4n) is 2.19. The van der Waals surface area contributed by atoms with Crippen molar-refractivity contribution < 1.29 is 4.39 Å². The molecule has 3 rings (SSSR count). The number of fused-ring (bicyclic) bond motifs is 1. The quantitative estimate of drug-likeness (QED) is 0.621. The molecule has 2 aromatic heterocycles. The van der Waals surface area contributed by atoms with Crippen LogP contribution in [0.15, 0.2) is 27.5 Å². The molecule has 2 heterocycles.